The Morgan fingerprint density at radius 2 is 2.30 bits per heavy atom. The third-order valence-corrected chi connectivity index (χ3v) is 1.06. The number of hydrogen-bond donors (Lipinski definition) is 3. The van der Waals surface area contributed by atoms with Crippen molar-refractivity contribution in [2.75, 3.05) is 13.2 Å². The van der Waals surface area contributed by atoms with Crippen LogP contribution >= 0.6 is 0 Å². The Morgan fingerprint density at radius 3 is 2.70 bits per heavy atom. The number of nitrogens with one attached hydrogen (secondary N) is 1. The third-order valence-electron chi connectivity index (χ3n) is 1.06. The number of carbonyl (C=O) groups is 1. The molecule has 1 amide bonds. The van der Waals surface area contributed by atoms with Crippen LogP contribution in [0.1, 0.15) is 13.3 Å². The summed E-state index contributed by atoms with van der Waals surface area (Å²) in [6, 6.07) is 0. The van der Waals surface area contributed by atoms with Gasteiger partial charge in [-0.15, -0.1) is 0 Å². The molecule has 10 heavy (non-hydrogen) atoms. The first-order valence-corrected chi connectivity index (χ1v) is 3.29. The van der Waals surface area contributed by atoms with Gasteiger partial charge < -0.3 is 15.5 Å². The summed E-state index contributed by atoms with van der Waals surface area (Å²) in [4.78, 5) is 10.7. The number of aliphatic hydroxyl groups excluding tert-OH is 2. The van der Waals surface area contributed by atoms with Gasteiger partial charge in [0.25, 0.3) is 0 Å². The molecule has 0 aliphatic carbocycles. The highest BCUT2D eigenvalue weighted by Gasteiger charge is 2.11. The van der Waals surface area contributed by atoms with Crippen LogP contribution in [0.15, 0.2) is 0 Å². The molecule has 1 atom stereocenters. The van der Waals surface area contributed by atoms with Crippen molar-refractivity contribution in [2.45, 2.75) is 19.4 Å². The molecule has 0 bridgehead atoms. The topological polar surface area (TPSA) is 69.6 Å². The number of aliphatic hydroxyl groups is 2. The van der Waals surface area contributed by atoms with Gasteiger partial charge in [-0.2, -0.15) is 0 Å². The van der Waals surface area contributed by atoms with Crippen LogP contribution in [0.4, 0.5) is 0 Å². The second kappa shape index (κ2) is 5.20. The molecule has 0 heterocycles. The number of carbonyl (C=O) groups excluding carboxylic acids is 1. The van der Waals surface area contributed by atoms with E-state index in [0.29, 0.717) is 6.54 Å². The molecule has 3 N–H and O–H groups in total. The van der Waals surface area contributed by atoms with Gasteiger partial charge in [-0.1, -0.05) is 0 Å². The molecule has 0 aromatic carbocycles. The summed E-state index contributed by atoms with van der Waals surface area (Å²) in [6.45, 7) is 2.10. The van der Waals surface area contributed by atoms with E-state index in [0.717, 1.165) is 0 Å². The summed E-state index contributed by atoms with van der Waals surface area (Å²) in [5, 5.41) is 19.6. The lowest BCUT2D eigenvalue weighted by Gasteiger charge is -2.07. The molecule has 4 nitrogen and oxygen atoms in total. The Bertz CT molecular complexity index is 105. The summed E-state index contributed by atoms with van der Waals surface area (Å²) in [7, 11) is 0. The van der Waals surface area contributed by atoms with Crippen molar-refractivity contribution < 1.29 is 15.0 Å². The Balaban J connectivity index is 3.49. The average Bonchev–Trinajstić information content (AvgIpc) is 1.89. The molecule has 0 aliphatic heterocycles. The molecule has 0 aliphatic rings. The van der Waals surface area contributed by atoms with Crippen LogP contribution in [-0.4, -0.2) is 35.4 Å². The van der Waals surface area contributed by atoms with Crippen LogP contribution in [0.5, 0.6) is 0 Å². The maximum atomic E-state index is 10.7. The van der Waals surface area contributed by atoms with E-state index in [1.807, 2.05) is 0 Å². The fourth-order valence-corrected chi connectivity index (χ4v) is 0.545. The van der Waals surface area contributed by atoms with Crippen LogP contribution in [0, 0.1) is 0 Å². The van der Waals surface area contributed by atoms with Gasteiger partial charge in [0.1, 0.15) is 6.10 Å². The number of hydrogen-bond acceptors (Lipinski definition) is 3. The summed E-state index contributed by atoms with van der Waals surface area (Å²) in [5.74, 6) is -0.420. The second-order valence-corrected chi connectivity index (χ2v) is 1.92. The standard InChI is InChI=1S/C6H13NO3/c1-2-7-6(10)5(9)3-4-8/h5,8-9H,2-4H2,1H3,(H,7,10). The maximum absolute atomic E-state index is 10.7. The Hall–Kier alpha value is -0.610. The summed E-state index contributed by atoms with van der Waals surface area (Å²) in [6.07, 6.45) is -0.962. The number of amides is 1. The molecule has 0 aromatic rings. The zero-order valence-corrected chi connectivity index (χ0v) is 6.00. The van der Waals surface area contributed by atoms with Crippen LogP contribution in [0.25, 0.3) is 0 Å². The highest BCUT2D eigenvalue weighted by atomic mass is 16.3. The molecule has 4 heteroatoms. The zero-order chi connectivity index (χ0) is 7.98. The van der Waals surface area contributed by atoms with Crippen molar-refractivity contribution in [3.8, 4) is 0 Å². The zero-order valence-electron chi connectivity index (χ0n) is 6.00. The molecule has 0 fully saturated rings. The highest BCUT2D eigenvalue weighted by Crippen LogP contribution is 1.88. The average molecular weight is 147 g/mol. The molecule has 0 rings (SSSR count). The van der Waals surface area contributed by atoms with Crippen molar-refractivity contribution in [1.29, 1.82) is 0 Å². The van der Waals surface area contributed by atoms with E-state index in [1.165, 1.54) is 0 Å². The fraction of sp³-hybridized carbons (Fsp3) is 0.833. The van der Waals surface area contributed by atoms with Crippen molar-refractivity contribution >= 4 is 5.91 Å². The Kier molecular flexibility index (Phi) is 4.88. The SMILES string of the molecule is CCNC(=O)C(O)CCO. The van der Waals surface area contributed by atoms with Gasteiger partial charge in [-0.3, -0.25) is 4.79 Å². The molecule has 0 saturated carbocycles. The van der Waals surface area contributed by atoms with Gasteiger partial charge >= 0.3 is 0 Å². The summed E-state index contributed by atoms with van der Waals surface area (Å²) in [5.41, 5.74) is 0. The van der Waals surface area contributed by atoms with Crippen molar-refractivity contribution in [3.63, 3.8) is 0 Å². The maximum Gasteiger partial charge on any atom is 0.248 e. The van der Waals surface area contributed by atoms with E-state index in [9.17, 15) is 4.79 Å². The summed E-state index contributed by atoms with van der Waals surface area (Å²) >= 11 is 0. The smallest absolute Gasteiger partial charge is 0.248 e. The molecule has 0 saturated heterocycles. The molecular formula is C6H13NO3. The normalized spacial score (nSPS) is 12.7. The predicted octanol–water partition coefficient (Wildman–Crippen LogP) is -1.13. The highest BCUT2D eigenvalue weighted by molar-refractivity contribution is 5.80. The lowest BCUT2D eigenvalue weighted by atomic mass is 10.2. The molecule has 0 radical (unpaired) electrons. The largest absolute Gasteiger partial charge is 0.396 e. The van der Waals surface area contributed by atoms with E-state index < -0.39 is 12.0 Å². The van der Waals surface area contributed by atoms with Gasteiger partial charge in [-0.05, 0) is 6.92 Å². The molecule has 0 spiro atoms. The van der Waals surface area contributed by atoms with E-state index in [2.05, 4.69) is 5.32 Å². The first-order chi connectivity index (χ1) is 4.72. The number of rotatable bonds is 4. The molecule has 60 valence electrons. The Morgan fingerprint density at radius 1 is 1.70 bits per heavy atom. The molecule has 0 aromatic heterocycles. The molecular weight excluding hydrogens is 134 g/mol. The first-order valence-electron chi connectivity index (χ1n) is 3.29. The predicted molar refractivity (Wildman–Crippen MR) is 36.4 cm³/mol. The van der Waals surface area contributed by atoms with Crippen molar-refractivity contribution in [3.05, 3.63) is 0 Å². The van der Waals surface area contributed by atoms with Crippen LogP contribution in [0.3, 0.4) is 0 Å². The van der Waals surface area contributed by atoms with Crippen LogP contribution < -0.4 is 5.32 Å². The first kappa shape index (κ1) is 9.39. The van der Waals surface area contributed by atoms with Crippen molar-refractivity contribution in [1.82, 2.24) is 5.32 Å². The van der Waals surface area contributed by atoms with Crippen LogP contribution in [0.2, 0.25) is 0 Å². The van der Waals surface area contributed by atoms with Gasteiger partial charge in [0, 0.05) is 19.6 Å². The Labute approximate surface area is 59.9 Å². The fourth-order valence-electron chi connectivity index (χ4n) is 0.545. The van der Waals surface area contributed by atoms with E-state index in [-0.39, 0.29) is 13.0 Å². The summed E-state index contributed by atoms with van der Waals surface area (Å²) < 4.78 is 0. The lowest BCUT2D eigenvalue weighted by molar-refractivity contribution is -0.129. The number of likely N-dealkylation sites (N-methyl/N-ethyl adjacent to an activating group) is 1. The van der Waals surface area contributed by atoms with Gasteiger partial charge in [-0.25, -0.2) is 0 Å². The van der Waals surface area contributed by atoms with E-state index in [4.69, 9.17) is 10.2 Å². The van der Waals surface area contributed by atoms with Gasteiger partial charge in [0.2, 0.25) is 5.91 Å². The van der Waals surface area contributed by atoms with E-state index >= 15 is 0 Å². The minimum absolute atomic E-state index is 0.103. The van der Waals surface area contributed by atoms with E-state index in [1.54, 1.807) is 6.92 Å². The van der Waals surface area contributed by atoms with Gasteiger partial charge in [0.05, 0.1) is 0 Å². The van der Waals surface area contributed by atoms with Crippen molar-refractivity contribution in [2.24, 2.45) is 0 Å². The van der Waals surface area contributed by atoms with Gasteiger partial charge in [0.15, 0.2) is 0 Å². The molecule has 1 unspecified atom stereocenters. The third kappa shape index (κ3) is 3.42. The van der Waals surface area contributed by atoms with Crippen LogP contribution in [-0.2, 0) is 4.79 Å². The minimum Gasteiger partial charge on any atom is -0.396 e. The monoisotopic (exact) mass is 147 g/mol. The second-order valence-electron chi connectivity index (χ2n) is 1.92. The lowest BCUT2D eigenvalue weighted by Crippen LogP contribution is -2.34. The quantitative estimate of drug-likeness (QED) is 0.471. The minimum atomic E-state index is -1.06.